The fraction of sp³-hybridized carbons (Fsp3) is 0.222. The lowest BCUT2D eigenvalue weighted by Gasteiger charge is -2.18. The third kappa shape index (κ3) is 6.63. The average molecular weight is 360 g/mol. The number of hydrogen-bond donors (Lipinski definition) is 0. The number of rotatable bonds is 6. The highest BCUT2D eigenvalue weighted by Gasteiger charge is 2.30. The summed E-state index contributed by atoms with van der Waals surface area (Å²) in [5, 5.41) is 0. The van der Waals surface area contributed by atoms with Crippen LogP contribution in [0, 0.1) is 11.5 Å². The first-order valence-corrected chi connectivity index (χ1v) is 12.6. The third-order valence-electron chi connectivity index (χ3n) is 2.68. The van der Waals surface area contributed by atoms with Crippen molar-refractivity contribution in [2.75, 3.05) is 6.61 Å². The highest BCUT2D eigenvalue weighted by molar-refractivity contribution is 7.49. The second kappa shape index (κ2) is 8.21. The van der Waals surface area contributed by atoms with Crippen LogP contribution in [-0.2, 0) is 9.09 Å². The average Bonchev–Trinajstić information content (AvgIpc) is 2.53. The van der Waals surface area contributed by atoms with Crippen molar-refractivity contribution in [2.24, 2.45) is 0 Å². The van der Waals surface area contributed by atoms with Gasteiger partial charge in [0, 0.05) is 0 Å². The van der Waals surface area contributed by atoms with Crippen LogP contribution in [0.4, 0.5) is 0 Å². The molecule has 4 nitrogen and oxygen atoms in total. The molecular formula is C18H21O4PSi. The van der Waals surface area contributed by atoms with Crippen LogP contribution in [0.3, 0.4) is 0 Å². The Morgan fingerprint density at radius 3 is 1.75 bits per heavy atom. The molecule has 0 fully saturated rings. The number of benzene rings is 2. The number of phosphoric acid groups is 1. The van der Waals surface area contributed by atoms with Crippen molar-refractivity contribution in [3.63, 3.8) is 0 Å². The van der Waals surface area contributed by atoms with Crippen LogP contribution < -0.4 is 9.05 Å². The first kappa shape index (κ1) is 18.3. The normalized spacial score (nSPS) is 11.3. The van der Waals surface area contributed by atoms with Crippen LogP contribution in [0.5, 0.6) is 11.5 Å². The first-order chi connectivity index (χ1) is 11.4. The lowest BCUT2D eigenvalue weighted by Crippen LogP contribution is -2.16. The van der Waals surface area contributed by atoms with E-state index in [4.69, 9.17) is 13.6 Å². The molecule has 0 heterocycles. The van der Waals surface area contributed by atoms with Crippen molar-refractivity contribution in [3.05, 3.63) is 60.7 Å². The monoisotopic (exact) mass is 360 g/mol. The quantitative estimate of drug-likeness (QED) is 0.406. The van der Waals surface area contributed by atoms with E-state index in [1.807, 2.05) is 12.1 Å². The van der Waals surface area contributed by atoms with Gasteiger partial charge in [-0.2, -0.15) is 0 Å². The predicted octanol–water partition coefficient (Wildman–Crippen LogP) is 5.15. The fourth-order valence-corrected chi connectivity index (χ4v) is 3.43. The van der Waals surface area contributed by atoms with E-state index < -0.39 is 15.9 Å². The zero-order valence-electron chi connectivity index (χ0n) is 14.1. The first-order valence-electron chi connectivity index (χ1n) is 7.60. The fourth-order valence-electron chi connectivity index (χ4n) is 1.70. The van der Waals surface area contributed by atoms with Crippen molar-refractivity contribution < 1.29 is 18.1 Å². The lowest BCUT2D eigenvalue weighted by atomic mass is 10.3. The zero-order valence-corrected chi connectivity index (χ0v) is 16.0. The van der Waals surface area contributed by atoms with Gasteiger partial charge >= 0.3 is 7.82 Å². The van der Waals surface area contributed by atoms with E-state index in [-0.39, 0.29) is 6.61 Å². The molecule has 0 radical (unpaired) electrons. The Bertz CT molecular complexity index is 700. The molecule has 0 saturated heterocycles. The van der Waals surface area contributed by atoms with Crippen LogP contribution in [-0.4, -0.2) is 14.7 Å². The van der Waals surface area contributed by atoms with Gasteiger partial charge in [-0.25, -0.2) is 4.57 Å². The summed E-state index contributed by atoms with van der Waals surface area (Å²) < 4.78 is 29.3. The molecule has 24 heavy (non-hydrogen) atoms. The van der Waals surface area contributed by atoms with Gasteiger partial charge in [-0.15, -0.1) is 5.54 Å². The summed E-state index contributed by atoms with van der Waals surface area (Å²) in [6.45, 7) is 6.36. The van der Waals surface area contributed by atoms with Crippen LogP contribution in [0.15, 0.2) is 60.7 Å². The van der Waals surface area contributed by atoms with Gasteiger partial charge in [0.2, 0.25) is 0 Å². The van der Waals surface area contributed by atoms with E-state index in [2.05, 4.69) is 31.1 Å². The topological polar surface area (TPSA) is 44.8 Å². The maximum atomic E-state index is 13.0. The Morgan fingerprint density at radius 2 is 1.33 bits per heavy atom. The largest absolute Gasteiger partial charge is 0.588 e. The zero-order chi connectivity index (χ0) is 17.5. The lowest BCUT2D eigenvalue weighted by molar-refractivity contribution is 0.232. The molecule has 126 valence electrons. The highest BCUT2D eigenvalue weighted by atomic mass is 31.2. The molecular weight excluding hydrogens is 339 g/mol. The van der Waals surface area contributed by atoms with Gasteiger partial charge in [0.15, 0.2) is 0 Å². The molecule has 0 aliphatic heterocycles. The minimum absolute atomic E-state index is 0.0127. The van der Waals surface area contributed by atoms with E-state index in [0.29, 0.717) is 11.5 Å². The van der Waals surface area contributed by atoms with Gasteiger partial charge in [0.25, 0.3) is 0 Å². The van der Waals surface area contributed by atoms with E-state index in [0.717, 1.165) is 0 Å². The highest BCUT2D eigenvalue weighted by Crippen LogP contribution is 2.49. The molecule has 0 spiro atoms. The smallest absolute Gasteiger partial charge is 0.395 e. The van der Waals surface area contributed by atoms with Crippen LogP contribution in [0.2, 0.25) is 19.6 Å². The van der Waals surface area contributed by atoms with Crippen molar-refractivity contribution in [2.45, 2.75) is 19.6 Å². The maximum Gasteiger partial charge on any atom is 0.588 e. The van der Waals surface area contributed by atoms with E-state index in [1.165, 1.54) is 0 Å². The molecule has 0 saturated carbocycles. The molecule has 6 heteroatoms. The third-order valence-corrected chi connectivity index (χ3v) is 4.92. The van der Waals surface area contributed by atoms with E-state index >= 15 is 0 Å². The SMILES string of the molecule is C[Si](C)(C)C#CCOP(=O)(Oc1ccccc1)Oc1ccccc1. The van der Waals surface area contributed by atoms with E-state index in [1.54, 1.807) is 48.5 Å². The van der Waals surface area contributed by atoms with Crippen molar-refractivity contribution in [1.29, 1.82) is 0 Å². The van der Waals surface area contributed by atoms with Gasteiger partial charge in [-0.1, -0.05) is 62.0 Å². The summed E-state index contributed by atoms with van der Waals surface area (Å²) in [7, 11) is -5.35. The van der Waals surface area contributed by atoms with Gasteiger partial charge in [0.05, 0.1) is 0 Å². The second-order valence-electron chi connectivity index (χ2n) is 6.08. The molecule has 0 aromatic heterocycles. The Morgan fingerprint density at radius 1 is 0.875 bits per heavy atom. The summed E-state index contributed by atoms with van der Waals surface area (Å²) in [4.78, 5) is 0. The molecule has 2 rings (SSSR count). The number of hydrogen-bond acceptors (Lipinski definition) is 4. The summed E-state index contributed by atoms with van der Waals surface area (Å²) in [6.07, 6.45) is 0. The Labute approximate surface area is 144 Å². The Kier molecular flexibility index (Phi) is 6.27. The molecule has 0 atom stereocenters. The van der Waals surface area contributed by atoms with Gasteiger partial charge in [0.1, 0.15) is 26.2 Å². The minimum Gasteiger partial charge on any atom is -0.395 e. The molecule has 0 N–H and O–H groups in total. The summed E-state index contributed by atoms with van der Waals surface area (Å²) in [5.74, 6) is 3.73. The van der Waals surface area contributed by atoms with Crippen LogP contribution >= 0.6 is 7.82 Å². The molecule has 0 unspecified atom stereocenters. The molecule has 0 bridgehead atoms. The standard InChI is InChI=1S/C18H21O4PSi/c1-24(2,3)16-10-15-20-23(19,21-17-11-6-4-7-12-17)22-18-13-8-5-9-14-18/h4-9,11-14H,15H2,1-3H3. The number of para-hydroxylation sites is 2. The molecule has 0 aliphatic carbocycles. The van der Waals surface area contributed by atoms with Crippen molar-refractivity contribution >= 4 is 15.9 Å². The maximum absolute atomic E-state index is 13.0. The van der Waals surface area contributed by atoms with Gasteiger partial charge in [-0.05, 0) is 24.3 Å². The van der Waals surface area contributed by atoms with Gasteiger partial charge < -0.3 is 9.05 Å². The van der Waals surface area contributed by atoms with Crippen molar-refractivity contribution in [1.82, 2.24) is 0 Å². The van der Waals surface area contributed by atoms with Crippen LogP contribution in [0.25, 0.3) is 0 Å². The van der Waals surface area contributed by atoms with Crippen molar-refractivity contribution in [3.8, 4) is 23.0 Å². The summed E-state index contributed by atoms with van der Waals surface area (Å²) >= 11 is 0. The number of phosphoric ester groups is 1. The Balaban J connectivity index is 2.13. The predicted molar refractivity (Wildman–Crippen MR) is 98.8 cm³/mol. The minimum atomic E-state index is -3.83. The summed E-state index contributed by atoms with van der Waals surface area (Å²) in [5.41, 5.74) is 3.15. The van der Waals surface area contributed by atoms with E-state index in [9.17, 15) is 4.57 Å². The molecule has 0 aliphatic rings. The summed E-state index contributed by atoms with van der Waals surface area (Å²) in [6, 6.07) is 17.6. The second-order valence-corrected chi connectivity index (χ2v) is 12.3. The molecule has 0 amide bonds. The molecule has 2 aromatic rings. The van der Waals surface area contributed by atoms with Crippen LogP contribution in [0.1, 0.15) is 0 Å². The molecule has 2 aromatic carbocycles. The van der Waals surface area contributed by atoms with Gasteiger partial charge in [-0.3, -0.25) is 4.52 Å². The Hall–Kier alpha value is -1.99.